The normalized spacial score (nSPS) is 13.9. The van der Waals surface area contributed by atoms with Gasteiger partial charge in [-0.25, -0.2) is 0 Å². The molecular formula is C30H26N4O3. The summed E-state index contributed by atoms with van der Waals surface area (Å²) in [5.41, 5.74) is 5.75. The van der Waals surface area contributed by atoms with Crippen LogP contribution in [0.5, 0.6) is 0 Å². The highest BCUT2D eigenvalue weighted by Gasteiger charge is 2.36. The molecule has 0 fully saturated rings. The van der Waals surface area contributed by atoms with Crippen molar-refractivity contribution >= 4 is 50.2 Å². The lowest BCUT2D eigenvalue weighted by atomic mass is 9.97. The quantitative estimate of drug-likeness (QED) is 0.355. The van der Waals surface area contributed by atoms with Crippen molar-refractivity contribution in [3.63, 3.8) is 0 Å². The average Bonchev–Trinajstić information content (AvgIpc) is 3.55. The van der Waals surface area contributed by atoms with E-state index in [9.17, 15) is 14.7 Å². The van der Waals surface area contributed by atoms with E-state index in [-0.39, 0.29) is 24.6 Å². The van der Waals surface area contributed by atoms with Gasteiger partial charge < -0.3 is 14.6 Å². The Labute approximate surface area is 213 Å². The van der Waals surface area contributed by atoms with Crippen LogP contribution in [0.25, 0.3) is 38.6 Å². The van der Waals surface area contributed by atoms with Crippen molar-refractivity contribution in [3.8, 4) is 5.69 Å². The molecule has 0 spiro atoms. The van der Waals surface area contributed by atoms with Crippen LogP contribution in [-0.2, 0) is 16.1 Å². The molecule has 2 heterocycles. The zero-order valence-electron chi connectivity index (χ0n) is 20.7. The first-order chi connectivity index (χ1) is 18.0. The van der Waals surface area contributed by atoms with Gasteiger partial charge in [-0.15, -0.1) is 0 Å². The van der Waals surface area contributed by atoms with Crippen molar-refractivity contribution in [2.75, 3.05) is 25.6 Å². The van der Waals surface area contributed by atoms with Gasteiger partial charge in [-0.1, -0.05) is 42.5 Å². The summed E-state index contributed by atoms with van der Waals surface area (Å²) >= 11 is 0. The van der Waals surface area contributed by atoms with E-state index in [1.807, 2.05) is 91.9 Å². The first kappa shape index (κ1) is 22.9. The summed E-state index contributed by atoms with van der Waals surface area (Å²) in [6, 6.07) is 23.7. The summed E-state index contributed by atoms with van der Waals surface area (Å²) in [4.78, 5) is 28.8. The van der Waals surface area contributed by atoms with Crippen molar-refractivity contribution in [1.82, 2.24) is 14.3 Å². The van der Waals surface area contributed by atoms with Crippen LogP contribution in [0.1, 0.15) is 17.7 Å². The van der Waals surface area contributed by atoms with Crippen molar-refractivity contribution in [2.45, 2.75) is 13.0 Å². The number of aromatic nitrogens is 3. The summed E-state index contributed by atoms with van der Waals surface area (Å²) in [6.45, 7) is 0.218. The Kier molecular flexibility index (Phi) is 5.50. The van der Waals surface area contributed by atoms with Gasteiger partial charge in [-0.3, -0.25) is 14.3 Å². The van der Waals surface area contributed by atoms with Gasteiger partial charge in [0.25, 0.3) is 0 Å². The monoisotopic (exact) mass is 490 g/mol. The van der Waals surface area contributed by atoms with Crippen LogP contribution in [-0.4, -0.2) is 51.7 Å². The van der Waals surface area contributed by atoms with E-state index in [1.54, 1.807) is 4.68 Å². The molecule has 6 rings (SSSR count). The lowest BCUT2D eigenvalue weighted by molar-refractivity contribution is -0.119. The molecule has 7 nitrogen and oxygen atoms in total. The minimum absolute atomic E-state index is 0.0800. The van der Waals surface area contributed by atoms with E-state index in [2.05, 4.69) is 10.6 Å². The SMILES string of the molecule is CN(C)c1cccc(-n2cc(C3=C(c4nn(CCO)c5ccccc45)C(=O)CC3=O)c3ccccc32)c1. The Bertz CT molecular complexity index is 1740. The molecule has 1 aliphatic carbocycles. The number of ketones is 2. The molecule has 0 unspecified atom stereocenters. The van der Waals surface area contributed by atoms with Gasteiger partial charge in [-0.2, -0.15) is 5.10 Å². The van der Waals surface area contributed by atoms with Crippen LogP contribution in [0, 0.1) is 0 Å². The molecular weight excluding hydrogens is 464 g/mol. The minimum atomic E-state index is -0.231. The van der Waals surface area contributed by atoms with E-state index >= 15 is 0 Å². The Balaban J connectivity index is 1.63. The number of hydrogen-bond acceptors (Lipinski definition) is 5. The molecule has 0 bridgehead atoms. The fourth-order valence-electron chi connectivity index (χ4n) is 5.23. The molecule has 0 saturated carbocycles. The van der Waals surface area contributed by atoms with Gasteiger partial charge in [-0.05, 0) is 30.3 Å². The predicted molar refractivity (Wildman–Crippen MR) is 146 cm³/mol. The summed E-state index contributed by atoms with van der Waals surface area (Å²) in [7, 11) is 4.00. The fraction of sp³-hybridized carbons (Fsp3) is 0.167. The highest BCUT2D eigenvalue weighted by molar-refractivity contribution is 6.52. The minimum Gasteiger partial charge on any atom is -0.394 e. The molecule has 0 saturated heterocycles. The smallest absolute Gasteiger partial charge is 0.173 e. The predicted octanol–water partition coefficient (Wildman–Crippen LogP) is 4.49. The second kappa shape index (κ2) is 8.87. The number of rotatable bonds is 6. The number of aliphatic hydroxyl groups is 1. The van der Waals surface area contributed by atoms with Crippen LogP contribution < -0.4 is 4.90 Å². The zero-order chi connectivity index (χ0) is 25.7. The number of aliphatic hydroxyl groups excluding tert-OH is 1. The Morgan fingerprint density at radius 2 is 1.57 bits per heavy atom. The van der Waals surface area contributed by atoms with E-state index in [0.29, 0.717) is 23.4 Å². The highest BCUT2D eigenvalue weighted by atomic mass is 16.3. The zero-order valence-corrected chi connectivity index (χ0v) is 20.7. The van der Waals surface area contributed by atoms with Gasteiger partial charge in [0, 0.05) is 53.6 Å². The second-order valence-corrected chi connectivity index (χ2v) is 9.43. The first-order valence-electron chi connectivity index (χ1n) is 12.2. The number of para-hydroxylation sites is 2. The van der Waals surface area contributed by atoms with Crippen LogP contribution in [0.3, 0.4) is 0 Å². The summed E-state index contributed by atoms with van der Waals surface area (Å²) in [5, 5.41) is 16.0. The number of Topliss-reactive ketones (excluding diaryl/α,β-unsaturated/α-hetero) is 2. The van der Waals surface area contributed by atoms with E-state index < -0.39 is 0 Å². The maximum Gasteiger partial charge on any atom is 0.173 e. The maximum atomic E-state index is 13.4. The van der Waals surface area contributed by atoms with Crippen molar-refractivity contribution < 1.29 is 14.7 Å². The Morgan fingerprint density at radius 3 is 2.32 bits per heavy atom. The maximum absolute atomic E-state index is 13.4. The number of anilines is 1. The lowest BCUT2D eigenvalue weighted by Crippen LogP contribution is -2.08. The molecule has 1 N–H and O–H groups in total. The van der Waals surface area contributed by atoms with E-state index in [1.165, 1.54) is 0 Å². The Hall–Kier alpha value is -4.49. The largest absolute Gasteiger partial charge is 0.394 e. The van der Waals surface area contributed by atoms with Crippen LogP contribution in [0.4, 0.5) is 5.69 Å². The van der Waals surface area contributed by atoms with Gasteiger partial charge >= 0.3 is 0 Å². The third kappa shape index (κ3) is 3.67. The summed E-state index contributed by atoms with van der Waals surface area (Å²) in [6.07, 6.45) is 1.78. The molecule has 37 heavy (non-hydrogen) atoms. The van der Waals surface area contributed by atoms with E-state index in [0.717, 1.165) is 38.7 Å². The second-order valence-electron chi connectivity index (χ2n) is 9.43. The molecule has 0 radical (unpaired) electrons. The third-order valence-electron chi connectivity index (χ3n) is 6.94. The number of hydrogen-bond donors (Lipinski definition) is 1. The van der Waals surface area contributed by atoms with Gasteiger partial charge in [0.05, 0.1) is 36.2 Å². The molecule has 7 heteroatoms. The molecule has 5 aromatic rings. The molecule has 3 aromatic carbocycles. The standard InChI is InChI=1S/C30H26N4O3/c1-32(2)19-8-7-9-20(16-19)33-18-23(21-10-3-5-12-24(21)33)28-26(36)17-27(37)29(28)30-22-11-4-6-13-25(22)34(31-30)14-15-35/h3-13,16,18,35H,14-15,17H2,1-2H3. The Morgan fingerprint density at radius 1 is 0.865 bits per heavy atom. The highest BCUT2D eigenvalue weighted by Crippen LogP contribution is 2.41. The number of fused-ring (bicyclic) bond motifs is 2. The molecule has 2 aromatic heterocycles. The molecule has 1 aliphatic rings. The van der Waals surface area contributed by atoms with Crippen LogP contribution >= 0.6 is 0 Å². The lowest BCUT2D eigenvalue weighted by Gasteiger charge is -2.14. The van der Waals surface area contributed by atoms with Crippen molar-refractivity contribution in [2.24, 2.45) is 0 Å². The molecule has 0 amide bonds. The van der Waals surface area contributed by atoms with Gasteiger partial charge in [0.1, 0.15) is 5.69 Å². The first-order valence-corrected chi connectivity index (χ1v) is 12.2. The van der Waals surface area contributed by atoms with Crippen LogP contribution in [0.15, 0.2) is 79.0 Å². The van der Waals surface area contributed by atoms with Gasteiger partial charge in [0.2, 0.25) is 0 Å². The number of carbonyl (C=O) groups is 2. The molecule has 0 aliphatic heterocycles. The number of carbonyl (C=O) groups excluding carboxylic acids is 2. The average molecular weight is 491 g/mol. The number of nitrogens with zero attached hydrogens (tertiary/aromatic N) is 4. The fourth-order valence-corrected chi connectivity index (χ4v) is 5.23. The van der Waals surface area contributed by atoms with Crippen LogP contribution in [0.2, 0.25) is 0 Å². The summed E-state index contributed by atoms with van der Waals surface area (Å²) in [5.74, 6) is -0.434. The molecule has 184 valence electrons. The van der Waals surface area contributed by atoms with Crippen molar-refractivity contribution in [3.05, 3.63) is 90.3 Å². The number of benzene rings is 3. The molecule has 0 atom stereocenters. The number of allylic oxidation sites excluding steroid dienone is 2. The van der Waals surface area contributed by atoms with E-state index in [4.69, 9.17) is 5.10 Å². The summed E-state index contributed by atoms with van der Waals surface area (Å²) < 4.78 is 3.77. The van der Waals surface area contributed by atoms with Gasteiger partial charge in [0.15, 0.2) is 11.6 Å². The third-order valence-corrected chi connectivity index (χ3v) is 6.94. The topological polar surface area (TPSA) is 80.4 Å². The van der Waals surface area contributed by atoms with Crippen molar-refractivity contribution in [1.29, 1.82) is 0 Å².